The van der Waals surface area contributed by atoms with Crippen LogP contribution in [0.2, 0.25) is 0 Å². The number of ether oxygens (including phenoxy) is 1. The molecular weight excluding hydrogens is 372 g/mol. The van der Waals surface area contributed by atoms with E-state index >= 15 is 0 Å². The van der Waals surface area contributed by atoms with Gasteiger partial charge in [0.15, 0.2) is 0 Å². The zero-order valence-corrected chi connectivity index (χ0v) is 16.0. The molecule has 0 fully saturated rings. The lowest BCUT2D eigenvalue weighted by atomic mass is 10.1. The average molecular weight is 392 g/mol. The number of hydrogen-bond acceptors (Lipinski definition) is 6. The van der Waals surface area contributed by atoms with Crippen molar-refractivity contribution in [1.82, 2.24) is 0 Å². The second-order valence-corrected chi connectivity index (χ2v) is 7.68. The monoisotopic (exact) mass is 392 g/mol. The Balaban J connectivity index is 2.57. The summed E-state index contributed by atoms with van der Waals surface area (Å²) in [5.41, 5.74) is 1.29. The quantitative estimate of drug-likeness (QED) is 0.407. The van der Waals surface area contributed by atoms with Crippen LogP contribution in [0.4, 0.5) is 11.4 Å². The minimum absolute atomic E-state index is 0.265. The van der Waals surface area contributed by atoms with Gasteiger partial charge in [-0.1, -0.05) is 25.1 Å². The van der Waals surface area contributed by atoms with E-state index < -0.39 is 27.5 Å². The second kappa shape index (κ2) is 8.17. The SMILES string of the molecule is CCc1ccc(N(CC(=O)OC)S(=O)(=O)c2ccc(C)c([N+](=O)[O-])c2)cc1. The molecule has 8 nitrogen and oxygen atoms in total. The lowest BCUT2D eigenvalue weighted by Crippen LogP contribution is -2.36. The van der Waals surface area contributed by atoms with E-state index in [1.54, 1.807) is 24.3 Å². The first kappa shape index (κ1) is 20.4. The van der Waals surface area contributed by atoms with Crippen LogP contribution in [0.5, 0.6) is 0 Å². The van der Waals surface area contributed by atoms with Gasteiger partial charge in [-0.15, -0.1) is 0 Å². The highest BCUT2D eigenvalue weighted by molar-refractivity contribution is 7.92. The van der Waals surface area contributed by atoms with Gasteiger partial charge in [0.1, 0.15) is 6.54 Å². The predicted octanol–water partition coefficient (Wildman–Crippen LogP) is 2.83. The number of nitrogens with zero attached hydrogens (tertiary/aromatic N) is 2. The second-order valence-electron chi connectivity index (χ2n) is 5.81. The molecule has 0 heterocycles. The lowest BCUT2D eigenvalue weighted by molar-refractivity contribution is -0.385. The first-order valence-electron chi connectivity index (χ1n) is 8.14. The molecule has 2 aromatic carbocycles. The molecule has 9 heteroatoms. The normalized spacial score (nSPS) is 11.1. The Hall–Kier alpha value is -2.94. The van der Waals surface area contributed by atoms with Gasteiger partial charge < -0.3 is 4.74 Å². The molecule has 0 atom stereocenters. The minimum atomic E-state index is -4.22. The van der Waals surface area contributed by atoms with Crippen molar-refractivity contribution < 1.29 is 22.9 Å². The summed E-state index contributed by atoms with van der Waals surface area (Å²) in [7, 11) is -3.07. The maximum absolute atomic E-state index is 13.1. The number of carbonyl (C=O) groups is 1. The third-order valence-electron chi connectivity index (χ3n) is 4.10. The van der Waals surface area contributed by atoms with Crippen molar-refractivity contribution >= 4 is 27.4 Å². The maximum atomic E-state index is 13.1. The van der Waals surface area contributed by atoms with Gasteiger partial charge in [0.25, 0.3) is 15.7 Å². The van der Waals surface area contributed by atoms with E-state index in [2.05, 4.69) is 4.74 Å². The average Bonchev–Trinajstić information content (AvgIpc) is 2.65. The molecule has 0 aromatic heterocycles. The zero-order chi connectivity index (χ0) is 20.2. The molecule has 0 aliphatic heterocycles. The third-order valence-corrected chi connectivity index (χ3v) is 5.87. The number of nitro benzene ring substituents is 1. The Kier molecular flexibility index (Phi) is 6.17. The predicted molar refractivity (Wildman–Crippen MR) is 100 cm³/mol. The van der Waals surface area contributed by atoms with Crippen LogP contribution in [0, 0.1) is 17.0 Å². The molecule has 0 N–H and O–H groups in total. The van der Waals surface area contributed by atoms with Crippen LogP contribution < -0.4 is 4.31 Å². The summed E-state index contributed by atoms with van der Waals surface area (Å²) in [6, 6.07) is 10.3. The van der Waals surface area contributed by atoms with E-state index in [4.69, 9.17) is 0 Å². The van der Waals surface area contributed by atoms with E-state index in [1.807, 2.05) is 6.92 Å². The number of sulfonamides is 1. The fourth-order valence-corrected chi connectivity index (χ4v) is 3.90. The van der Waals surface area contributed by atoms with Crippen molar-refractivity contribution in [2.45, 2.75) is 25.2 Å². The van der Waals surface area contributed by atoms with Gasteiger partial charge in [-0.05, 0) is 37.1 Å². The molecule has 2 aromatic rings. The molecule has 0 radical (unpaired) electrons. The van der Waals surface area contributed by atoms with Crippen LogP contribution >= 0.6 is 0 Å². The van der Waals surface area contributed by atoms with Crippen molar-refractivity contribution in [3.05, 3.63) is 63.7 Å². The Bertz CT molecular complexity index is 954. The van der Waals surface area contributed by atoms with E-state index in [1.165, 1.54) is 19.1 Å². The number of esters is 1. The number of anilines is 1. The minimum Gasteiger partial charge on any atom is -0.468 e. The fraction of sp³-hybridized carbons (Fsp3) is 0.278. The summed E-state index contributed by atoms with van der Waals surface area (Å²) in [5.74, 6) is -0.750. The van der Waals surface area contributed by atoms with Gasteiger partial charge in [0, 0.05) is 11.6 Å². The van der Waals surface area contributed by atoms with E-state index in [9.17, 15) is 23.3 Å². The van der Waals surface area contributed by atoms with Crippen LogP contribution in [-0.2, 0) is 26.0 Å². The van der Waals surface area contributed by atoms with Crippen molar-refractivity contribution in [3.63, 3.8) is 0 Å². The molecule has 144 valence electrons. The maximum Gasteiger partial charge on any atom is 0.326 e. The van der Waals surface area contributed by atoms with E-state index in [0.29, 0.717) is 5.56 Å². The highest BCUT2D eigenvalue weighted by Crippen LogP contribution is 2.28. The van der Waals surface area contributed by atoms with Gasteiger partial charge in [-0.2, -0.15) is 0 Å². The summed E-state index contributed by atoms with van der Waals surface area (Å²) in [4.78, 5) is 22.0. The molecule has 27 heavy (non-hydrogen) atoms. The smallest absolute Gasteiger partial charge is 0.326 e. The molecule has 0 amide bonds. The summed E-state index contributed by atoms with van der Waals surface area (Å²) < 4.78 is 31.7. The van der Waals surface area contributed by atoms with Gasteiger partial charge in [-0.25, -0.2) is 8.42 Å². The zero-order valence-electron chi connectivity index (χ0n) is 15.2. The van der Waals surface area contributed by atoms with Gasteiger partial charge in [-0.3, -0.25) is 19.2 Å². The molecule has 0 aliphatic rings. The van der Waals surface area contributed by atoms with Crippen molar-refractivity contribution in [2.75, 3.05) is 18.0 Å². The highest BCUT2D eigenvalue weighted by atomic mass is 32.2. The Labute approximate surface area is 157 Å². The third kappa shape index (κ3) is 4.43. The topological polar surface area (TPSA) is 107 Å². The molecule has 0 aliphatic carbocycles. The van der Waals surface area contributed by atoms with Gasteiger partial charge in [0.2, 0.25) is 0 Å². The van der Waals surface area contributed by atoms with Gasteiger partial charge >= 0.3 is 5.97 Å². The van der Waals surface area contributed by atoms with Crippen LogP contribution in [0.1, 0.15) is 18.1 Å². The summed E-state index contributed by atoms with van der Waals surface area (Å²) in [6.07, 6.45) is 0.772. The number of methoxy groups -OCH3 is 1. The Morgan fingerprint density at radius 3 is 2.33 bits per heavy atom. The van der Waals surface area contributed by atoms with E-state index in [0.717, 1.165) is 29.5 Å². The van der Waals surface area contributed by atoms with Crippen LogP contribution in [0.25, 0.3) is 0 Å². The summed E-state index contributed by atoms with van der Waals surface area (Å²) in [6.45, 7) is 2.93. The number of hydrogen-bond donors (Lipinski definition) is 0. The molecule has 0 unspecified atom stereocenters. The number of benzene rings is 2. The lowest BCUT2D eigenvalue weighted by Gasteiger charge is -2.23. The first-order chi connectivity index (χ1) is 12.7. The van der Waals surface area contributed by atoms with Crippen molar-refractivity contribution in [1.29, 1.82) is 0 Å². The first-order valence-corrected chi connectivity index (χ1v) is 9.58. The largest absolute Gasteiger partial charge is 0.468 e. The summed E-state index contributed by atoms with van der Waals surface area (Å²) in [5, 5.41) is 11.2. The van der Waals surface area contributed by atoms with Crippen molar-refractivity contribution in [3.8, 4) is 0 Å². The number of carbonyl (C=O) groups excluding carboxylic acids is 1. The fourth-order valence-electron chi connectivity index (χ4n) is 2.47. The highest BCUT2D eigenvalue weighted by Gasteiger charge is 2.29. The molecule has 2 rings (SSSR count). The van der Waals surface area contributed by atoms with Crippen LogP contribution in [-0.4, -0.2) is 33.0 Å². The van der Waals surface area contributed by atoms with Crippen LogP contribution in [0.3, 0.4) is 0 Å². The van der Waals surface area contributed by atoms with E-state index in [-0.39, 0.29) is 16.3 Å². The van der Waals surface area contributed by atoms with Crippen LogP contribution in [0.15, 0.2) is 47.4 Å². The molecule has 0 saturated carbocycles. The molecule has 0 bridgehead atoms. The number of aryl methyl sites for hydroxylation is 2. The van der Waals surface area contributed by atoms with Gasteiger partial charge in [0.05, 0.1) is 22.6 Å². The molecular formula is C18H20N2O6S. The molecule has 0 saturated heterocycles. The van der Waals surface area contributed by atoms with Crippen molar-refractivity contribution in [2.24, 2.45) is 0 Å². The standard InChI is InChI=1S/C18H20N2O6S/c1-4-14-6-8-15(9-7-14)19(12-18(21)26-3)27(24,25)16-10-5-13(2)17(11-16)20(22)23/h5-11H,4,12H2,1-3H3. The number of rotatable bonds is 7. The molecule has 0 spiro atoms. The Morgan fingerprint density at radius 1 is 1.19 bits per heavy atom. The Morgan fingerprint density at radius 2 is 1.81 bits per heavy atom. The number of nitro groups is 1. The summed E-state index contributed by atoms with van der Waals surface area (Å²) >= 11 is 0.